The van der Waals surface area contributed by atoms with Crippen LogP contribution >= 0.6 is 0 Å². The van der Waals surface area contributed by atoms with Crippen LogP contribution in [0.3, 0.4) is 0 Å². The Balaban J connectivity index is 1.79. The molecule has 40 heavy (non-hydrogen) atoms. The van der Waals surface area contributed by atoms with E-state index in [0.29, 0.717) is 0 Å². The summed E-state index contributed by atoms with van der Waals surface area (Å²) in [6.07, 6.45) is -5.56. The van der Waals surface area contributed by atoms with Gasteiger partial charge in [-0.2, -0.15) is 43.9 Å². The van der Waals surface area contributed by atoms with Gasteiger partial charge in [0.25, 0.3) is 0 Å². The lowest BCUT2D eigenvalue weighted by Gasteiger charge is -2.12. The van der Waals surface area contributed by atoms with Gasteiger partial charge in [-0.15, -0.1) is 0 Å². The zero-order valence-electron chi connectivity index (χ0n) is 18.8. The van der Waals surface area contributed by atoms with E-state index in [1.807, 2.05) is 0 Å². The van der Waals surface area contributed by atoms with Gasteiger partial charge in [0.1, 0.15) is 11.5 Å². The summed E-state index contributed by atoms with van der Waals surface area (Å²) in [6.45, 7) is 0. The van der Waals surface area contributed by atoms with E-state index in [2.05, 4.69) is 18.9 Å². The molecule has 0 aliphatic carbocycles. The van der Waals surface area contributed by atoms with Gasteiger partial charge in [-0.25, -0.2) is 9.59 Å². The lowest BCUT2D eigenvalue weighted by molar-refractivity contribution is 0.0690. The highest BCUT2D eigenvalue weighted by Gasteiger charge is 2.31. The summed E-state index contributed by atoms with van der Waals surface area (Å²) in [7, 11) is 0. The molecule has 0 saturated carbocycles. The lowest BCUT2D eigenvalue weighted by Crippen LogP contribution is -2.16. The first-order valence-corrected chi connectivity index (χ1v) is 10.1. The molecule has 0 N–H and O–H groups in total. The Labute approximate surface area is 215 Å². The molecule has 0 saturated heterocycles. The van der Waals surface area contributed by atoms with Crippen LogP contribution in [0.5, 0.6) is 23.0 Å². The number of hydrogen-bond acceptors (Lipinski definition) is 6. The van der Waals surface area contributed by atoms with Crippen LogP contribution in [-0.4, -0.2) is 11.9 Å². The third-order valence-electron chi connectivity index (χ3n) is 4.46. The summed E-state index contributed by atoms with van der Waals surface area (Å²) in [6, 6.07) is 1.72. The molecule has 3 aromatic rings. The van der Waals surface area contributed by atoms with Crippen molar-refractivity contribution in [1.82, 2.24) is 0 Å². The van der Waals surface area contributed by atoms with Gasteiger partial charge in [-0.1, -0.05) is 0 Å². The summed E-state index contributed by atoms with van der Waals surface area (Å²) >= 11 is 0. The molecule has 3 rings (SSSR count). The van der Waals surface area contributed by atoms with Gasteiger partial charge in [0.05, 0.1) is 11.1 Å². The molecule has 0 aliphatic rings. The summed E-state index contributed by atoms with van der Waals surface area (Å²) in [5, 5.41) is 0. The van der Waals surface area contributed by atoms with Crippen molar-refractivity contribution in [1.29, 1.82) is 0 Å². The SMILES string of the molecule is O=C(Oc1c(F)c(F)c(OC(=O)c2ccc(OC(F)=C(F)F)cc2)c(F)c1F)c1ccc(OC(F)=C(F)F)cc1. The standard InChI is InChI=1S/C24H8F10O6/c25-13-15(27)18(40-24(36)10-3-7-12(8-4-10)38-22(34)20(31)32)16(28)14(26)17(13)39-23(35)9-1-5-11(6-2-9)37-21(33)19(29)30/h1-8H. The average molecular weight is 582 g/mol. The number of carbonyl (C=O) groups excluding carboxylic acids is 2. The second-order valence-electron chi connectivity index (χ2n) is 7.01. The van der Waals surface area contributed by atoms with Crippen LogP contribution in [0.2, 0.25) is 0 Å². The van der Waals surface area contributed by atoms with E-state index in [1.54, 1.807) is 0 Å². The quantitative estimate of drug-likeness (QED) is 0.0901. The van der Waals surface area contributed by atoms with Crippen molar-refractivity contribution >= 4 is 11.9 Å². The second-order valence-corrected chi connectivity index (χ2v) is 7.01. The maximum absolute atomic E-state index is 14.4. The van der Waals surface area contributed by atoms with Crippen LogP contribution in [-0.2, 0) is 0 Å². The molecule has 0 atom stereocenters. The smallest absolute Gasteiger partial charge is 0.344 e. The number of rotatable bonds is 8. The Hall–Kier alpha value is -5.02. The van der Waals surface area contributed by atoms with Gasteiger partial charge in [0.15, 0.2) is 0 Å². The second kappa shape index (κ2) is 12.2. The van der Waals surface area contributed by atoms with Crippen LogP contribution in [0.4, 0.5) is 43.9 Å². The zero-order chi connectivity index (χ0) is 29.7. The minimum Gasteiger partial charge on any atom is -0.428 e. The molecule has 3 aromatic carbocycles. The summed E-state index contributed by atoms with van der Waals surface area (Å²) in [5.74, 6) is -17.3. The molecule has 0 spiro atoms. The number of esters is 2. The van der Waals surface area contributed by atoms with Gasteiger partial charge in [-0.05, 0) is 48.5 Å². The fourth-order valence-corrected chi connectivity index (χ4v) is 2.68. The summed E-state index contributed by atoms with van der Waals surface area (Å²) in [5.41, 5.74) is -1.10. The molecule has 0 heterocycles. The molecule has 0 aromatic heterocycles. The van der Waals surface area contributed by atoms with E-state index >= 15 is 0 Å². The third kappa shape index (κ3) is 6.69. The van der Waals surface area contributed by atoms with Gasteiger partial charge in [-0.3, -0.25) is 0 Å². The number of ether oxygens (including phenoxy) is 4. The summed E-state index contributed by atoms with van der Waals surface area (Å²) < 4.78 is 149. The van der Waals surface area contributed by atoms with Crippen molar-refractivity contribution in [3.8, 4) is 23.0 Å². The molecular formula is C24H8F10O6. The van der Waals surface area contributed by atoms with E-state index in [0.717, 1.165) is 48.5 Å². The van der Waals surface area contributed by atoms with E-state index in [4.69, 9.17) is 0 Å². The Morgan fingerprint density at radius 3 is 0.975 bits per heavy atom. The zero-order valence-corrected chi connectivity index (χ0v) is 18.8. The van der Waals surface area contributed by atoms with Crippen molar-refractivity contribution in [3.05, 3.63) is 107 Å². The molecule has 210 valence electrons. The molecule has 6 nitrogen and oxygen atoms in total. The Morgan fingerprint density at radius 1 is 0.450 bits per heavy atom. The highest BCUT2D eigenvalue weighted by atomic mass is 19.3. The highest BCUT2D eigenvalue weighted by Crippen LogP contribution is 2.35. The predicted octanol–water partition coefficient (Wildman–Crippen LogP) is 7.51. The first-order chi connectivity index (χ1) is 18.8. The molecule has 0 fully saturated rings. The van der Waals surface area contributed by atoms with E-state index in [-0.39, 0.29) is 0 Å². The Bertz CT molecular complexity index is 1370. The molecule has 16 heteroatoms. The molecule has 0 bridgehead atoms. The Morgan fingerprint density at radius 2 is 0.725 bits per heavy atom. The maximum Gasteiger partial charge on any atom is 0.344 e. The van der Waals surface area contributed by atoms with Crippen molar-refractivity contribution in [2.24, 2.45) is 0 Å². The van der Waals surface area contributed by atoms with Gasteiger partial charge in [0.2, 0.25) is 34.8 Å². The molecule has 0 aliphatic heterocycles. The van der Waals surface area contributed by atoms with Crippen molar-refractivity contribution in [2.45, 2.75) is 0 Å². The van der Waals surface area contributed by atoms with Crippen molar-refractivity contribution < 1.29 is 72.4 Å². The molecule has 0 radical (unpaired) electrons. The summed E-state index contributed by atoms with van der Waals surface area (Å²) in [4.78, 5) is 24.3. The van der Waals surface area contributed by atoms with Crippen LogP contribution in [0.25, 0.3) is 0 Å². The first kappa shape index (κ1) is 29.5. The lowest BCUT2D eigenvalue weighted by atomic mass is 10.2. The Kier molecular flexibility index (Phi) is 9.03. The minimum atomic E-state index is -2.78. The highest BCUT2D eigenvalue weighted by molar-refractivity contribution is 5.92. The predicted molar refractivity (Wildman–Crippen MR) is 111 cm³/mol. The normalized spacial score (nSPS) is 10.4. The molecule has 0 amide bonds. The minimum absolute atomic E-state index is 0.526. The van der Waals surface area contributed by atoms with E-state index < -0.39 is 93.5 Å². The van der Waals surface area contributed by atoms with Gasteiger partial charge in [0, 0.05) is 0 Å². The van der Waals surface area contributed by atoms with Gasteiger partial charge < -0.3 is 18.9 Å². The van der Waals surface area contributed by atoms with Crippen molar-refractivity contribution in [2.75, 3.05) is 0 Å². The first-order valence-electron chi connectivity index (χ1n) is 10.1. The topological polar surface area (TPSA) is 71.1 Å². The van der Waals surface area contributed by atoms with E-state index in [9.17, 15) is 53.5 Å². The largest absolute Gasteiger partial charge is 0.428 e. The maximum atomic E-state index is 14.4. The van der Waals surface area contributed by atoms with Crippen LogP contribution in [0.15, 0.2) is 72.7 Å². The number of carbonyl (C=O) groups is 2. The van der Waals surface area contributed by atoms with Gasteiger partial charge >= 0.3 is 36.1 Å². The van der Waals surface area contributed by atoms with Crippen LogP contribution in [0, 0.1) is 23.3 Å². The fraction of sp³-hybridized carbons (Fsp3) is 0. The molecule has 0 unspecified atom stereocenters. The number of hydrogen-bond donors (Lipinski definition) is 0. The average Bonchev–Trinajstić information content (AvgIpc) is 2.92. The number of halogens is 10. The number of benzene rings is 3. The van der Waals surface area contributed by atoms with Crippen LogP contribution in [0.1, 0.15) is 20.7 Å². The fourth-order valence-electron chi connectivity index (χ4n) is 2.68. The van der Waals surface area contributed by atoms with Crippen molar-refractivity contribution in [3.63, 3.8) is 0 Å². The van der Waals surface area contributed by atoms with Crippen LogP contribution < -0.4 is 18.9 Å². The van der Waals surface area contributed by atoms with E-state index in [1.165, 1.54) is 0 Å². The molecular weight excluding hydrogens is 574 g/mol. The monoisotopic (exact) mass is 582 g/mol. The third-order valence-corrected chi connectivity index (χ3v) is 4.46.